The second kappa shape index (κ2) is 3.93. The van der Waals surface area contributed by atoms with Crippen LogP contribution in [0.5, 0.6) is 0 Å². The molecule has 2 rings (SSSR count). The molecule has 0 saturated heterocycles. The van der Waals surface area contributed by atoms with Crippen LogP contribution in [0.2, 0.25) is 5.02 Å². The number of hydrogen-bond acceptors (Lipinski definition) is 2. The van der Waals surface area contributed by atoms with Gasteiger partial charge in [-0.2, -0.15) is 0 Å². The molecule has 15 heavy (non-hydrogen) atoms. The first kappa shape index (κ1) is 10.6. The average Bonchev–Trinajstić information content (AvgIpc) is 2.58. The van der Waals surface area contributed by atoms with Crippen LogP contribution in [0.3, 0.4) is 0 Å². The van der Waals surface area contributed by atoms with Crippen molar-refractivity contribution in [2.75, 3.05) is 5.88 Å². The first-order valence-electron chi connectivity index (χ1n) is 4.29. The van der Waals surface area contributed by atoms with E-state index in [-0.39, 0.29) is 11.8 Å². The molecule has 3 nitrogen and oxygen atoms in total. The molecule has 1 aliphatic heterocycles. The molecule has 1 aliphatic rings. The summed E-state index contributed by atoms with van der Waals surface area (Å²) in [5.41, 5.74) is 0.593. The Bertz CT molecular complexity index is 539. The Morgan fingerprint density at radius 3 is 2.87 bits per heavy atom. The Hall–Kier alpha value is -0.900. The number of carbonyl (C=O) groups is 1. The van der Waals surface area contributed by atoms with E-state index in [1.54, 1.807) is 12.1 Å². The summed E-state index contributed by atoms with van der Waals surface area (Å²) in [7, 11) is 0. The van der Waals surface area contributed by atoms with Gasteiger partial charge in [0.25, 0.3) is 5.91 Å². The van der Waals surface area contributed by atoms with Crippen molar-refractivity contribution in [1.29, 1.82) is 0 Å². The largest absolute Gasteiger partial charge is 0.387 e. The molecule has 1 N–H and O–H groups in total. The van der Waals surface area contributed by atoms with Gasteiger partial charge < -0.3 is 5.11 Å². The Kier molecular flexibility index (Phi) is 2.78. The number of fused-ring (bicyclic) bond motifs is 1. The molecule has 1 aromatic carbocycles. The van der Waals surface area contributed by atoms with E-state index in [0.29, 0.717) is 21.2 Å². The molecule has 0 saturated carbocycles. The van der Waals surface area contributed by atoms with E-state index in [2.05, 4.69) is 4.99 Å². The molecule has 0 fully saturated rings. The Morgan fingerprint density at radius 2 is 2.20 bits per heavy atom. The molecule has 1 heterocycles. The van der Waals surface area contributed by atoms with Crippen molar-refractivity contribution in [2.45, 2.75) is 6.10 Å². The molecule has 0 aliphatic carbocycles. The quantitative estimate of drug-likeness (QED) is 0.772. The summed E-state index contributed by atoms with van der Waals surface area (Å²) in [6.45, 7) is 0. The standard InChI is InChI=1S/C10H7Cl2NO2/c11-4-8(14)5-1-6-3-9(15)13-10(6)7(12)2-5/h1-3,8,14H,4H2. The van der Waals surface area contributed by atoms with Crippen molar-refractivity contribution >= 4 is 35.2 Å². The lowest BCUT2D eigenvalue weighted by Crippen LogP contribution is -2.24. The van der Waals surface area contributed by atoms with Gasteiger partial charge in [-0.3, -0.25) is 4.79 Å². The molecule has 0 bridgehead atoms. The van der Waals surface area contributed by atoms with Gasteiger partial charge in [-0.1, -0.05) is 11.6 Å². The van der Waals surface area contributed by atoms with Crippen LogP contribution in [0.15, 0.2) is 17.1 Å². The number of benzene rings is 1. The molecular formula is C10H7Cl2NO2. The number of carbonyl (C=O) groups excluding carboxylic acids is 1. The highest BCUT2D eigenvalue weighted by Crippen LogP contribution is 2.15. The van der Waals surface area contributed by atoms with E-state index in [1.165, 1.54) is 6.08 Å². The van der Waals surface area contributed by atoms with Crippen molar-refractivity contribution in [1.82, 2.24) is 0 Å². The van der Waals surface area contributed by atoms with Gasteiger partial charge >= 0.3 is 0 Å². The molecular weight excluding hydrogens is 237 g/mol. The zero-order valence-electron chi connectivity index (χ0n) is 7.58. The van der Waals surface area contributed by atoms with Crippen LogP contribution in [0.1, 0.15) is 11.7 Å². The van der Waals surface area contributed by atoms with E-state index in [1.807, 2.05) is 0 Å². The zero-order valence-corrected chi connectivity index (χ0v) is 9.09. The minimum atomic E-state index is -0.779. The summed E-state index contributed by atoms with van der Waals surface area (Å²) in [4.78, 5) is 14.8. The lowest BCUT2D eigenvalue weighted by Gasteiger charge is -2.06. The van der Waals surface area contributed by atoms with Crippen molar-refractivity contribution in [3.63, 3.8) is 0 Å². The molecule has 1 amide bonds. The highest BCUT2D eigenvalue weighted by atomic mass is 35.5. The van der Waals surface area contributed by atoms with Gasteiger partial charge in [-0.05, 0) is 17.7 Å². The van der Waals surface area contributed by atoms with Gasteiger partial charge in [0.15, 0.2) is 0 Å². The number of aliphatic hydroxyl groups is 1. The third kappa shape index (κ3) is 1.91. The summed E-state index contributed by atoms with van der Waals surface area (Å²) in [6, 6.07) is 3.24. The van der Waals surface area contributed by atoms with Gasteiger partial charge in [-0.25, -0.2) is 4.99 Å². The fraction of sp³-hybridized carbons (Fsp3) is 0.200. The van der Waals surface area contributed by atoms with E-state index in [0.717, 1.165) is 0 Å². The summed E-state index contributed by atoms with van der Waals surface area (Å²) in [5, 5.41) is 11.0. The summed E-state index contributed by atoms with van der Waals surface area (Å²) in [5.74, 6) is -0.246. The maximum absolute atomic E-state index is 11.0. The lowest BCUT2D eigenvalue weighted by molar-refractivity contribution is -0.112. The first-order valence-corrected chi connectivity index (χ1v) is 5.21. The predicted octanol–water partition coefficient (Wildman–Crippen LogP) is 0.552. The van der Waals surface area contributed by atoms with Crippen molar-refractivity contribution in [3.05, 3.63) is 33.3 Å². The molecule has 1 atom stereocenters. The van der Waals surface area contributed by atoms with E-state index < -0.39 is 6.10 Å². The highest BCUT2D eigenvalue weighted by Gasteiger charge is 2.12. The van der Waals surface area contributed by atoms with E-state index in [4.69, 9.17) is 23.2 Å². The number of amides is 1. The fourth-order valence-electron chi connectivity index (χ4n) is 1.43. The molecule has 5 heteroatoms. The van der Waals surface area contributed by atoms with Crippen LogP contribution in [0.4, 0.5) is 0 Å². The third-order valence-electron chi connectivity index (χ3n) is 2.15. The summed E-state index contributed by atoms with van der Waals surface area (Å²) >= 11 is 11.4. The van der Waals surface area contributed by atoms with Gasteiger partial charge in [0, 0.05) is 11.3 Å². The maximum atomic E-state index is 11.0. The number of rotatable bonds is 2. The van der Waals surface area contributed by atoms with Crippen molar-refractivity contribution in [2.24, 2.45) is 4.99 Å². The number of alkyl halides is 1. The molecule has 78 valence electrons. The van der Waals surface area contributed by atoms with Crippen LogP contribution < -0.4 is 10.6 Å². The van der Waals surface area contributed by atoms with Gasteiger partial charge in [0.1, 0.15) is 0 Å². The van der Waals surface area contributed by atoms with Crippen molar-refractivity contribution in [3.8, 4) is 0 Å². The maximum Gasteiger partial charge on any atom is 0.270 e. The highest BCUT2D eigenvalue weighted by molar-refractivity contribution is 6.30. The van der Waals surface area contributed by atoms with Crippen LogP contribution in [-0.4, -0.2) is 16.9 Å². The van der Waals surface area contributed by atoms with Gasteiger partial charge in [0.2, 0.25) is 0 Å². The predicted molar refractivity (Wildman–Crippen MR) is 57.4 cm³/mol. The topological polar surface area (TPSA) is 49.7 Å². The lowest BCUT2D eigenvalue weighted by atomic mass is 10.1. The zero-order chi connectivity index (χ0) is 11.0. The first-order chi connectivity index (χ1) is 7.11. The fourth-order valence-corrected chi connectivity index (χ4v) is 1.88. The minimum absolute atomic E-state index is 0.0835. The smallest absolute Gasteiger partial charge is 0.270 e. The van der Waals surface area contributed by atoms with Crippen LogP contribution in [-0.2, 0) is 4.79 Å². The Morgan fingerprint density at radius 1 is 1.47 bits per heavy atom. The molecule has 1 aromatic rings. The third-order valence-corrected chi connectivity index (χ3v) is 2.73. The summed E-state index contributed by atoms with van der Waals surface area (Å²) < 4.78 is 0. The molecule has 0 spiro atoms. The van der Waals surface area contributed by atoms with Crippen LogP contribution >= 0.6 is 23.2 Å². The SMILES string of the molecule is O=C1C=c2cc(C(O)CCl)cc(Cl)c2=N1. The average molecular weight is 244 g/mol. The number of nitrogens with zero attached hydrogens (tertiary/aromatic N) is 1. The Labute approximate surface area is 95.7 Å². The molecule has 1 unspecified atom stereocenters. The molecule has 0 aromatic heterocycles. The number of halogens is 2. The van der Waals surface area contributed by atoms with Gasteiger partial charge in [0.05, 0.1) is 22.4 Å². The number of hydrogen-bond donors (Lipinski definition) is 1. The summed E-state index contributed by atoms with van der Waals surface area (Å²) in [6.07, 6.45) is 0.602. The van der Waals surface area contributed by atoms with Crippen LogP contribution in [0.25, 0.3) is 6.08 Å². The second-order valence-electron chi connectivity index (χ2n) is 3.21. The van der Waals surface area contributed by atoms with E-state index in [9.17, 15) is 9.90 Å². The van der Waals surface area contributed by atoms with Gasteiger partial charge in [-0.15, -0.1) is 11.6 Å². The molecule has 0 radical (unpaired) electrons. The monoisotopic (exact) mass is 243 g/mol. The van der Waals surface area contributed by atoms with Crippen LogP contribution in [0, 0.1) is 0 Å². The minimum Gasteiger partial charge on any atom is -0.387 e. The van der Waals surface area contributed by atoms with E-state index >= 15 is 0 Å². The second-order valence-corrected chi connectivity index (χ2v) is 3.92. The van der Waals surface area contributed by atoms with Crippen molar-refractivity contribution < 1.29 is 9.90 Å². The number of aliphatic hydroxyl groups excluding tert-OH is 1. The Balaban J connectivity index is 2.65. The normalized spacial score (nSPS) is 15.5.